The molecule has 0 aromatic carbocycles. The standard InChI is InChI=1S/C4HN2.CH3.3Al.5H/c1-2-5-4-6-3-1;;;;;;;;;/h1H;1H3;;;;;;;;. The van der Waals surface area contributed by atoms with Gasteiger partial charge < -0.3 is 0 Å². The highest BCUT2D eigenvalue weighted by Gasteiger charge is 1.96. The van der Waals surface area contributed by atoms with Gasteiger partial charge in [0, 0.05) is 4.69 Å². The van der Waals surface area contributed by atoms with Crippen LogP contribution in [0.2, 0.25) is 5.79 Å². The third kappa shape index (κ3) is 2.37. The van der Waals surface area contributed by atoms with Crippen molar-refractivity contribution >= 4 is 61.6 Å². The van der Waals surface area contributed by atoms with Crippen LogP contribution in [0.15, 0.2) is 6.07 Å². The van der Waals surface area contributed by atoms with E-state index in [0.717, 1.165) is 37.3 Å². The van der Waals surface area contributed by atoms with Crippen LogP contribution in [0, 0.1) is 0 Å². The Balaban J connectivity index is 3.06. The monoisotopic (exact) mass is 178 g/mol. The van der Waals surface area contributed by atoms with Gasteiger partial charge in [0.05, 0.1) is 0 Å². The van der Waals surface area contributed by atoms with E-state index >= 15 is 0 Å². The molecule has 1 heterocycles. The summed E-state index contributed by atoms with van der Waals surface area (Å²) in [7, 11) is 0. The number of rotatable bonds is 1. The second-order valence-corrected chi connectivity index (χ2v) is 5.81. The first-order valence-electron chi connectivity index (χ1n) is 3.53. The number of nitrogens with zero attached hydrogens (tertiary/aromatic N) is 2. The molecule has 5 heteroatoms. The Morgan fingerprint density at radius 2 is 1.80 bits per heavy atom. The lowest BCUT2D eigenvalue weighted by atomic mass is 10.7. The molecule has 10 heavy (non-hydrogen) atoms. The van der Waals surface area contributed by atoms with E-state index in [1.54, 1.807) is 0 Å². The van der Waals surface area contributed by atoms with E-state index in [-0.39, 0.29) is 15.2 Å². The summed E-state index contributed by atoms with van der Waals surface area (Å²) in [6, 6.07) is 2.13. The topological polar surface area (TPSA) is 25.8 Å². The predicted molar refractivity (Wildman–Crippen MR) is 51.0 cm³/mol. The molecule has 48 valence electrons. The molecule has 0 spiro atoms. The largest absolute Gasteiger partial charge is 0.341 e. The van der Waals surface area contributed by atoms with Crippen molar-refractivity contribution in [3.05, 3.63) is 6.07 Å². The molecule has 1 aromatic rings. The molecule has 0 amide bonds. The summed E-state index contributed by atoms with van der Waals surface area (Å²) in [5.74, 6) is 2.23. The number of hydrogen-bond donors (Lipinski definition) is 0. The molecule has 1 rings (SSSR count). The van der Waals surface area contributed by atoms with E-state index in [4.69, 9.17) is 0 Å². The van der Waals surface area contributed by atoms with Crippen molar-refractivity contribution in [1.29, 1.82) is 0 Å². The van der Waals surface area contributed by atoms with Gasteiger partial charge in [0.25, 0.3) is 32.6 Å². The van der Waals surface area contributed by atoms with Crippen LogP contribution in [0.5, 0.6) is 0 Å². The molecule has 0 bridgehead atoms. The fourth-order valence-electron chi connectivity index (χ4n) is 0.957. The highest BCUT2D eigenvalue weighted by molar-refractivity contribution is 6.50. The van der Waals surface area contributed by atoms with Gasteiger partial charge in [-0.05, 0) is 9.11 Å². The second kappa shape index (κ2) is 3.90. The van der Waals surface area contributed by atoms with Crippen LogP contribution in [0.25, 0.3) is 0 Å². The Morgan fingerprint density at radius 1 is 1.30 bits per heavy atom. The van der Waals surface area contributed by atoms with Crippen molar-refractivity contribution in [2.24, 2.45) is 0 Å². The SMILES string of the molecule is [CH3][AlH][c]1n[c]([AlH2])c[c]([AlH2])n1. The second-order valence-electron chi connectivity index (χ2n) is 2.42. The zero-order chi connectivity index (χ0) is 7.56. The van der Waals surface area contributed by atoms with Crippen LogP contribution < -0.4 is 13.8 Å². The highest BCUT2D eigenvalue weighted by atomic mass is 27.1. The molecular weight excluding hydrogens is 169 g/mol. The third-order valence-electron chi connectivity index (χ3n) is 1.34. The smallest absolute Gasteiger partial charge is 0.278 e. The van der Waals surface area contributed by atoms with Gasteiger partial charge in [-0.3, -0.25) is 9.97 Å². The van der Waals surface area contributed by atoms with Crippen LogP contribution in [-0.4, -0.2) is 57.8 Å². The van der Waals surface area contributed by atoms with Crippen LogP contribution in [0.4, 0.5) is 0 Å². The molecule has 0 aliphatic carbocycles. The van der Waals surface area contributed by atoms with Gasteiger partial charge in [0.15, 0.2) is 0 Å². The molecule has 1 aromatic heterocycles. The highest BCUT2D eigenvalue weighted by Crippen LogP contribution is 1.61. The van der Waals surface area contributed by atoms with Gasteiger partial charge in [-0.25, -0.2) is 0 Å². The zero-order valence-corrected chi connectivity index (χ0v) is 12.1. The molecule has 0 fully saturated rings. The zero-order valence-electron chi connectivity index (χ0n) is 6.68. The van der Waals surface area contributed by atoms with Gasteiger partial charge in [0.2, 0.25) is 0 Å². The summed E-state index contributed by atoms with van der Waals surface area (Å²) >= 11 is 2.01. The normalized spacial score (nSPS) is 9.30. The van der Waals surface area contributed by atoms with Crippen molar-refractivity contribution in [2.45, 2.75) is 5.79 Å². The maximum Gasteiger partial charge on any atom is 0.341 e. The molecule has 2 nitrogen and oxygen atoms in total. The fourth-order valence-corrected chi connectivity index (χ4v) is 4.33. The fraction of sp³-hybridized carbons (Fsp3) is 0.200. The van der Waals surface area contributed by atoms with Gasteiger partial charge in [0.1, 0.15) is 0 Å². The van der Waals surface area contributed by atoms with E-state index in [1.165, 1.54) is 9.11 Å². The van der Waals surface area contributed by atoms with E-state index in [2.05, 4.69) is 21.8 Å². The summed E-state index contributed by atoms with van der Waals surface area (Å²) in [5, 5.41) is 0. The van der Waals surface area contributed by atoms with Gasteiger partial charge >= 0.3 is 15.2 Å². The molecule has 0 unspecified atom stereocenters. The summed E-state index contributed by atoms with van der Waals surface area (Å²) in [6.07, 6.45) is 0. The first-order valence-corrected chi connectivity index (χ1v) is 7.65. The lowest BCUT2D eigenvalue weighted by Crippen LogP contribution is -2.34. The van der Waals surface area contributed by atoms with Crippen molar-refractivity contribution in [1.82, 2.24) is 9.97 Å². The Morgan fingerprint density at radius 3 is 2.20 bits per heavy atom. The van der Waals surface area contributed by atoms with Crippen molar-refractivity contribution in [3.8, 4) is 0 Å². The first kappa shape index (κ1) is 8.77. The summed E-state index contributed by atoms with van der Waals surface area (Å²) in [6.45, 7) is 0. The quantitative estimate of drug-likeness (QED) is 0.411. The summed E-state index contributed by atoms with van der Waals surface area (Å²) in [4.78, 5) is 8.77. The minimum absolute atomic E-state index is 0.129. The Bertz CT molecular complexity index is 218. The average molecular weight is 178 g/mol. The minimum atomic E-state index is -0.129. The molecule has 0 atom stereocenters. The molecular formula is C5H9Al3N2. The van der Waals surface area contributed by atoms with E-state index in [0.29, 0.717) is 0 Å². The minimum Gasteiger partial charge on any atom is -0.278 e. The van der Waals surface area contributed by atoms with Gasteiger partial charge in [-0.2, -0.15) is 0 Å². The van der Waals surface area contributed by atoms with Crippen LogP contribution >= 0.6 is 0 Å². The van der Waals surface area contributed by atoms with E-state index in [9.17, 15) is 0 Å². The van der Waals surface area contributed by atoms with E-state index < -0.39 is 0 Å². The molecule has 0 N–H and O–H groups in total. The Labute approximate surface area is 83.0 Å². The summed E-state index contributed by atoms with van der Waals surface area (Å²) < 4.78 is 3.69. The van der Waals surface area contributed by atoms with Crippen LogP contribution in [-0.2, 0) is 0 Å². The van der Waals surface area contributed by atoms with E-state index in [1.807, 2.05) is 0 Å². The third-order valence-corrected chi connectivity index (χ3v) is 3.32. The Kier molecular flexibility index (Phi) is 3.42. The Hall–Kier alpha value is 0.677. The molecule has 0 aliphatic heterocycles. The molecule has 0 radical (unpaired) electrons. The number of aromatic nitrogens is 2. The lowest BCUT2D eigenvalue weighted by molar-refractivity contribution is 1.30. The first-order chi connectivity index (χ1) is 4.72. The van der Waals surface area contributed by atoms with Crippen LogP contribution in [0.1, 0.15) is 0 Å². The van der Waals surface area contributed by atoms with Crippen molar-refractivity contribution < 1.29 is 0 Å². The summed E-state index contributed by atoms with van der Waals surface area (Å²) in [5.41, 5.74) is 0. The predicted octanol–water partition coefficient (Wildman–Crippen LogP) is -3.90. The van der Waals surface area contributed by atoms with Crippen LogP contribution in [0.3, 0.4) is 0 Å². The molecule has 0 saturated heterocycles. The molecule has 0 saturated carbocycles. The lowest BCUT2D eigenvalue weighted by Gasteiger charge is -1.99. The van der Waals surface area contributed by atoms with Crippen molar-refractivity contribution in [3.63, 3.8) is 0 Å². The van der Waals surface area contributed by atoms with Crippen molar-refractivity contribution in [2.75, 3.05) is 0 Å². The maximum absolute atomic E-state index is 4.39. The van der Waals surface area contributed by atoms with Gasteiger partial charge in [-0.15, -0.1) is 5.79 Å². The van der Waals surface area contributed by atoms with Gasteiger partial charge in [-0.1, -0.05) is 6.07 Å². The maximum atomic E-state index is 4.39. The average Bonchev–Trinajstić information content (AvgIpc) is 1.85. The number of hydrogen-bond acceptors (Lipinski definition) is 2. The molecule has 0 aliphatic rings.